The Balaban J connectivity index is 1.12. The molecule has 52 heavy (non-hydrogen) atoms. The number of furan rings is 1. The van der Waals surface area contributed by atoms with Crippen LogP contribution in [0.15, 0.2) is 162 Å². The van der Waals surface area contributed by atoms with E-state index >= 15 is 0 Å². The maximum absolute atomic E-state index is 6.25. The van der Waals surface area contributed by atoms with Crippen molar-refractivity contribution in [3.05, 3.63) is 185 Å². The topological polar surface area (TPSA) is 13.1 Å². The molecule has 252 valence electrons. The summed E-state index contributed by atoms with van der Waals surface area (Å²) in [5.74, 6) is 0. The fourth-order valence-electron chi connectivity index (χ4n) is 8.58. The van der Waals surface area contributed by atoms with Gasteiger partial charge in [-0.3, -0.25) is 0 Å². The van der Waals surface area contributed by atoms with Crippen molar-refractivity contribution in [1.29, 1.82) is 0 Å². The second-order valence-electron chi connectivity index (χ2n) is 15.1. The molecule has 1 nitrogen and oxygen atoms in total. The van der Waals surface area contributed by atoms with E-state index in [0.29, 0.717) is 0 Å². The van der Waals surface area contributed by atoms with Crippen molar-refractivity contribution in [1.82, 2.24) is 0 Å². The number of allylic oxidation sites excluding steroid dienone is 8. The average Bonchev–Trinajstić information content (AvgIpc) is 3.65. The summed E-state index contributed by atoms with van der Waals surface area (Å²) in [6.07, 6.45) is 10.3. The molecular weight excluding hydrogens is 629 g/mol. The van der Waals surface area contributed by atoms with Crippen LogP contribution < -0.4 is 0 Å². The Morgan fingerprint density at radius 2 is 1.06 bits per heavy atom. The van der Waals surface area contributed by atoms with Crippen LogP contribution in [0.3, 0.4) is 0 Å². The van der Waals surface area contributed by atoms with Crippen molar-refractivity contribution < 1.29 is 4.42 Å². The van der Waals surface area contributed by atoms with Crippen LogP contribution >= 0.6 is 0 Å². The Labute approximate surface area is 305 Å². The molecule has 7 aromatic carbocycles. The summed E-state index contributed by atoms with van der Waals surface area (Å²) in [7, 11) is 0. The molecule has 1 aliphatic carbocycles. The predicted octanol–water partition coefficient (Wildman–Crippen LogP) is 14.4. The standard InChI is InChI=1S/C51H42O/c1-32(35-15-7-6-8-16-35)23-24-33(2)49-41-18-9-11-20-43(41)50(44-21-12-10-19-42(44)49)34(3)25-26-39-28-38-27-36-29-45-40-17-13-14-22-47(40)52-48(45)31-37(36)30-46(38)51(39,4)5/h6-27,29-31H,28H2,1-5H3/b32-23+,33-24+,34-25+,39-26+. The Kier molecular flexibility index (Phi) is 7.63. The molecule has 0 radical (unpaired) electrons. The average molecular weight is 671 g/mol. The lowest BCUT2D eigenvalue weighted by Crippen LogP contribution is -2.15. The van der Waals surface area contributed by atoms with Crippen molar-refractivity contribution in [3.63, 3.8) is 0 Å². The highest BCUT2D eigenvalue weighted by molar-refractivity contribution is 6.16. The molecular formula is C51H42O. The SMILES string of the molecule is C/C(=C\C=C(/C)c1c2ccccc2c(/C(C)=C/C=C2\Cc3cc4cc5c(cc4cc3C2(C)C)oc2ccccc25)c2ccccc12)c1ccccc1. The summed E-state index contributed by atoms with van der Waals surface area (Å²) in [5, 5.41) is 10.0. The van der Waals surface area contributed by atoms with Crippen LogP contribution in [0.25, 0.3) is 71.0 Å². The summed E-state index contributed by atoms with van der Waals surface area (Å²) < 4.78 is 6.25. The van der Waals surface area contributed by atoms with Gasteiger partial charge in [-0.1, -0.05) is 147 Å². The van der Waals surface area contributed by atoms with Gasteiger partial charge in [0.1, 0.15) is 11.2 Å². The lowest BCUT2D eigenvalue weighted by Gasteiger charge is -2.22. The molecule has 9 rings (SSSR count). The first-order valence-electron chi connectivity index (χ1n) is 18.4. The molecule has 0 atom stereocenters. The molecule has 0 fully saturated rings. The number of fused-ring (bicyclic) bond motifs is 7. The van der Waals surface area contributed by atoms with E-state index in [9.17, 15) is 0 Å². The first-order chi connectivity index (χ1) is 25.3. The Morgan fingerprint density at radius 1 is 0.519 bits per heavy atom. The molecule has 0 aliphatic heterocycles. The van der Waals surface area contributed by atoms with Crippen LogP contribution in [0, 0.1) is 0 Å². The molecule has 1 aliphatic rings. The van der Waals surface area contributed by atoms with Gasteiger partial charge in [0.25, 0.3) is 0 Å². The van der Waals surface area contributed by atoms with Gasteiger partial charge in [0.2, 0.25) is 0 Å². The number of hydrogen-bond acceptors (Lipinski definition) is 1. The van der Waals surface area contributed by atoms with Crippen molar-refractivity contribution in [3.8, 4) is 0 Å². The first kappa shape index (κ1) is 32.0. The van der Waals surface area contributed by atoms with Crippen molar-refractivity contribution in [2.24, 2.45) is 0 Å². The first-order valence-corrected chi connectivity index (χ1v) is 18.4. The molecule has 0 saturated carbocycles. The van der Waals surface area contributed by atoms with Gasteiger partial charge < -0.3 is 4.42 Å². The Hall–Kier alpha value is -5.92. The van der Waals surface area contributed by atoms with Gasteiger partial charge in [-0.05, 0) is 128 Å². The molecule has 0 spiro atoms. The minimum atomic E-state index is -0.0789. The lowest BCUT2D eigenvalue weighted by atomic mass is 9.81. The van der Waals surface area contributed by atoms with E-state index in [2.05, 4.69) is 180 Å². The third kappa shape index (κ3) is 5.23. The molecule has 1 heterocycles. The van der Waals surface area contributed by atoms with Crippen LogP contribution in [-0.2, 0) is 11.8 Å². The number of rotatable bonds is 5. The molecule has 1 aromatic heterocycles. The number of benzene rings is 7. The largest absolute Gasteiger partial charge is 0.456 e. The van der Waals surface area contributed by atoms with E-state index in [1.807, 2.05) is 6.07 Å². The number of hydrogen-bond donors (Lipinski definition) is 0. The number of para-hydroxylation sites is 1. The lowest BCUT2D eigenvalue weighted by molar-refractivity contribution is 0.645. The zero-order valence-corrected chi connectivity index (χ0v) is 30.5. The third-order valence-electron chi connectivity index (χ3n) is 11.5. The maximum Gasteiger partial charge on any atom is 0.136 e. The Bertz CT molecular complexity index is 2790. The normalized spacial score (nSPS) is 15.9. The van der Waals surface area contributed by atoms with Gasteiger partial charge in [-0.25, -0.2) is 0 Å². The van der Waals surface area contributed by atoms with E-state index in [1.54, 1.807) is 0 Å². The molecule has 8 aromatic rings. The highest BCUT2D eigenvalue weighted by Gasteiger charge is 2.34. The zero-order chi connectivity index (χ0) is 35.6. The minimum absolute atomic E-state index is 0.0789. The van der Waals surface area contributed by atoms with Crippen molar-refractivity contribution in [2.45, 2.75) is 46.5 Å². The highest BCUT2D eigenvalue weighted by atomic mass is 16.3. The van der Waals surface area contributed by atoms with Crippen molar-refractivity contribution >= 4 is 71.0 Å². The molecule has 0 bridgehead atoms. The van der Waals surface area contributed by atoms with E-state index in [4.69, 9.17) is 4.42 Å². The molecule has 0 N–H and O–H groups in total. The predicted molar refractivity (Wildman–Crippen MR) is 225 cm³/mol. The molecule has 0 saturated heterocycles. The smallest absolute Gasteiger partial charge is 0.136 e. The fourth-order valence-corrected chi connectivity index (χ4v) is 8.58. The monoisotopic (exact) mass is 670 g/mol. The van der Waals surface area contributed by atoms with Crippen LogP contribution in [0.2, 0.25) is 0 Å². The highest BCUT2D eigenvalue weighted by Crippen LogP contribution is 2.46. The third-order valence-corrected chi connectivity index (χ3v) is 11.5. The van der Waals surface area contributed by atoms with Gasteiger partial charge >= 0.3 is 0 Å². The summed E-state index contributed by atoms with van der Waals surface area (Å²) in [5.41, 5.74) is 13.7. The van der Waals surface area contributed by atoms with Crippen molar-refractivity contribution in [2.75, 3.05) is 0 Å². The zero-order valence-electron chi connectivity index (χ0n) is 30.5. The quantitative estimate of drug-likeness (QED) is 0.131. The van der Waals surface area contributed by atoms with E-state index < -0.39 is 0 Å². The second kappa shape index (κ2) is 12.4. The van der Waals surface area contributed by atoms with Crippen LogP contribution in [-0.4, -0.2) is 0 Å². The van der Waals surface area contributed by atoms with Gasteiger partial charge in [0.15, 0.2) is 0 Å². The van der Waals surface area contributed by atoms with E-state index in [1.165, 1.54) is 93.2 Å². The molecule has 0 amide bonds. The minimum Gasteiger partial charge on any atom is -0.456 e. The summed E-state index contributed by atoms with van der Waals surface area (Å²) in [4.78, 5) is 0. The van der Waals surface area contributed by atoms with Gasteiger partial charge in [0.05, 0.1) is 0 Å². The van der Waals surface area contributed by atoms with Gasteiger partial charge in [-0.2, -0.15) is 0 Å². The second-order valence-corrected chi connectivity index (χ2v) is 15.1. The summed E-state index contributed by atoms with van der Waals surface area (Å²) >= 11 is 0. The van der Waals surface area contributed by atoms with E-state index in [0.717, 1.165) is 17.6 Å². The van der Waals surface area contributed by atoms with E-state index in [-0.39, 0.29) is 5.41 Å². The van der Waals surface area contributed by atoms with Gasteiger partial charge in [-0.15, -0.1) is 0 Å². The molecule has 1 heteroatoms. The summed E-state index contributed by atoms with van der Waals surface area (Å²) in [6, 6.07) is 46.2. The van der Waals surface area contributed by atoms with Gasteiger partial charge in [0, 0.05) is 16.2 Å². The Morgan fingerprint density at radius 3 is 1.71 bits per heavy atom. The van der Waals surface area contributed by atoms with Crippen LogP contribution in [0.5, 0.6) is 0 Å². The maximum atomic E-state index is 6.25. The summed E-state index contributed by atoms with van der Waals surface area (Å²) in [6.45, 7) is 11.5. The molecule has 0 unspecified atom stereocenters. The fraction of sp³-hybridized carbons (Fsp3) is 0.137. The van der Waals surface area contributed by atoms with Crippen LogP contribution in [0.1, 0.15) is 62.4 Å². The van der Waals surface area contributed by atoms with Crippen LogP contribution in [0.4, 0.5) is 0 Å².